The number of halogens is 3. The minimum Gasteiger partial charge on any atom is -0.354 e. The third kappa shape index (κ3) is 4.59. The van der Waals surface area contributed by atoms with Crippen LogP contribution in [0.3, 0.4) is 0 Å². The first-order valence-electron chi connectivity index (χ1n) is 10.5. The van der Waals surface area contributed by atoms with Crippen LogP contribution in [0, 0.1) is 0 Å². The summed E-state index contributed by atoms with van der Waals surface area (Å²) in [6.07, 6.45) is -3.49. The minimum absolute atomic E-state index is 0.131. The van der Waals surface area contributed by atoms with Crippen molar-refractivity contribution in [3.05, 3.63) is 65.6 Å². The molecule has 10 heteroatoms. The van der Waals surface area contributed by atoms with Crippen molar-refractivity contribution in [2.24, 2.45) is 0 Å². The maximum absolute atomic E-state index is 12.8. The van der Waals surface area contributed by atoms with Gasteiger partial charge in [0.15, 0.2) is 5.82 Å². The minimum atomic E-state index is -4.38. The van der Waals surface area contributed by atoms with Crippen molar-refractivity contribution in [3.63, 3.8) is 0 Å². The maximum Gasteiger partial charge on any atom is 0.417 e. The number of anilines is 1. The van der Waals surface area contributed by atoms with Gasteiger partial charge in [0.2, 0.25) is 0 Å². The summed E-state index contributed by atoms with van der Waals surface area (Å²) in [6.45, 7) is 8.84. The zero-order valence-electron chi connectivity index (χ0n) is 18.3. The normalized spacial score (nSPS) is 16.9. The molecule has 0 spiro atoms. The van der Waals surface area contributed by atoms with Crippen LogP contribution in [0.25, 0.3) is 0 Å². The lowest BCUT2D eigenvalue weighted by Crippen LogP contribution is -2.49. The van der Waals surface area contributed by atoms with Crippen molar-refractivity contribution in [1.29, 1.82) is 0 Å². The number of benzene rings is 1. The lowest BCUT2D eigenvalue weighted by molar-refractivity contribution is -0.137. The molecule has 2 aromatic heterocycles. The maximum atomic E-state index is 12.8. The largest absolute Gasteiger partial charge is 0.417 e. The summed E-state index contributed by atoms with van der Waals surface area (Å²) in [5, 5.41) is 12.6. The Morgan fingerprint density at radius 3 is 2.16 bits per heavy atom. The fourth-order valence-corrected chi connectivity index (χ4v) is 3.95. The third-order valence-corrected chi connectivity index (χ3v) is 5.57. The summed E-state index contributed by atoms with van der Waals surface area (Å²) >= 11 is 0. The fraction of sp³-hybridized carbons (Fsp3) is 0.455. The highest BCUT2D eigenvalue weighted by molar-refractivity contribution is 5.40. The van der Waals surface area contributed by atoms with E-state index in [4.69, 9.17) is 0 Å². The zero-order chi connectivity index (χ0) is 22.9. The van der Waals surface area contributed by atoms with Crippen LogP contribution in [0.1, 0.15) is 43.8 Å². The molecular weight excluding hydrogens is 419 g/mol. The van der Waals surface area contributed by atoms with Crippen molar-refractivity contribution in [3.8, 4) is 0 Å². The van der Waals surface area contributed by atoms with Crippen LogP contribution in [0.4, 0.5) is 19.0 Å². The fourth-order valence-electron chi connectivity index (χ4n) is 3.95. The van der Waals surface area contributed by atoms with E-state index in [1.165, 1.54) is 6.07 Å². The van der Waals surface area contributed by atoms with Gasteiger partial charge in [0.05, 0.1) is 17.1 Å². The summed E-state index contributed by atoms with van der Waals surface area (Å²) in [7, 11) is 0. The average Bonchev–Trinajstić information content (AvgIpc) is 3.25. The molecular formula is C22H26F3N7. The number of hydrogen-bond donors (Lipinski definition) is 0. The Balaban J connectivity index is 1.56. The Labute approximate surface area is 184 Å². The van der Waals surface area contributed by atoms with Gasteiger partial charge in [-0.3, -0.25) is 4.90 Å². The second-order valence-corrected chi connectivity index (χ2v) is 8.86. The molecule has 3 heterocycles. The highest BCUT2D eigenvalue weighted by Crippen LogP contribution is 2.32. The number of piperazine rings is 1. The number of nitrogens with zero attached hydrogens (tertiary/aromatic N) is 7. The van der Waals surface area contributed by atoms with Crippen molar-refractivity contribution < 1.29 is 13.2 Å². The first-order valence-corrected chi connectivity index (χ1v) is 10.5. The zero-order valence-corrected chi connectivity index (χ0v) is 18.3. The van der Waals surface area contributed by atoms with Gasteiger partial charge in [-0.1, -0.05) is 30.3 Å². The second kappa shape index (κ2) is 8.50. The standard InChI is InChI=1S/C22H26F3N7/c1-21(2,3)32-20(27-28-29-32)19(16-7-5-4-6-8-16)31-13-11-30(12-14-31)18-10-9-17(15-26-18)22(23,24)25/h4-10,15,19H,11-14H2,1-3H3. The quantitative estimate of drug-likeness (QED) is 0.610. The summed E-state index contributed by atoms with van der Waals surface area (Å²) in [4.78, 5) is 8.36. The molecule has 1 unspecified atom stereocenters. The molecule has 1 aliphatic rings. The first kappa shape index (κ1) is 22.2. The summed E-state index contributed by atoms with van der Waals surface area (Å²) < 4.78 is 40.4. The van der Waals surface area contributed by atoms with E-state index in [1.54, 1.807) is 0 Å². The molecule has 3 aromatic rings. The highest BCUT2D eigenvalue weighted by Gasteiger charge is 2.34. The van der Waals surface area contributed by atoms with Gasteiger partial charge in [-0.2, -0.15) is 13.2 Å². The van der Waals surface area contributed by atoms with Crippen LogP contribution >= 0.6 is 0 Å². The molecule has 1 aliphatic heterocycles. The molecule has 0 bridgehead atoms. The van der Waals surface area contributed by atoms with Gasteiger partial charge in [0, 0.05) is 32.4 Å². The molecule has 0 aliphatic carbocycles. The molecule has 0 radical (unpaired) electrons. The predicted molar refractivity (Wildman–Crippen MR) is 114 cm³/mol. The highest BCUT2D eigenvalue weighted by atomic mass is 19.4. The van der Waals surface area contributed by atoms with E-state index >= 15 is 0 Å². The number of hydrogen-bond acceptors (Lipinski definition) is 6. The van der Waals surface area contributed by atoms with Crippen LogP contribution in [-0.2, 0) is 11.7 Å². The molecule has 0 amide bonds. The summed E-state index contributed by atoms with van der Waals surface area (Å²) in [5.74, 6) is 1.32. The Bertz CT molecular complexity index is 1020. The van der Waals surface area contributed by atoms with Gasteiger partial charge < -0.3 is 4.90 Å². The van der Waals surface area contributed by atoms with Gasteiger partial charge in [-0.25, -0.2) is 9.67 Å². The molecule has 7 nitrogen and oxygen atoms in total. The Hall–Kier alpha value is -3.01. The lowest BCUT2D eigenvalue weighted by atomic mass is 10.0. The Kier molecular flexibility index (Phi) is 5.89. The van der Waals surface area contributed by atoms with E-state index in [-0.39, 0.29) is 11.6 Å². The molecule has 0 N–H and O–H groups in total. The van der Waals surface area contributed by atoms with E-state index < -0.39 is 11.7 Å². The van der Waals surface area contributed by atoms with Crippen molar-refractivity contribution in [2.45, 2.75) is 38.5 Å². The second-order valence-electron chi connectivity index (χ2n) is 8.86. The summed E-state index contributed by atoms with van der Waals surface area (Å²) in [6, 6.07) is 12.5. The molecule has 1 atom stereocenters. The van der Waals surface area contributed by atoms with E-state index in [1.807, 2.05) is 27.8 Å². The molecule has 0 saturated carbocycles. The smallest absolute Gasteiger partial charge is 0.354 e. The number of pyridine rings is 1. The van der Waals surface area contributed by atoms with E-state index in [0.717, 1.165) is 23.7 Å². The molecule has 1 fully saturated rings. The van der Waals surface area contributed by atoms with Crippen LogP contribution in [0.2, 0.25) is 0 Å². The molecule has 1 aromatic carbocycles. The Morgan fingerprint density at radius 1 is 0.906 bits per heavy atom. The number of rotatable bonds is 4. The molecule has 32 heavy (non-hydrogen) atoms. The molecule has 1 saturated heterocycles. The first-order chi connectivity index (χ1) is 15.1. The van der Waals surface area contributed by atoms with Crippen molar-refractivity contribution in [2.75, 3.05) is 31.1 Å². The lowest BCUT2D eigenvalue weighted by Gasteiger charge is -2.40. The number of tetrazole rings is 1. The predicted octanol–water partition coefficient (Wildman–Crippen LogP) is 3.75. The number of alkyl halides is 3. The Morgan fingerprint density at radius 2 is 1.59 bits per heavy atom. The monoisotopic (exact) mass is 445 g/mol. The van der Waals surface area contributed by atoms with Gasteiger partial charge in [0.25, 0.3) is 0 Å². The van der Waals surface area contributed by atoms with Crippen LogP contribution in [0.15, 0.2) is 48.7 Å². The van der Waals surface area contributed by atoms with E-state index in [2.05, 4.69) is 58.3 Å². The van der Waals surface area contributed by atoms with Crippen LogP contribution in [0.5, 0.6) is 0 Å². The van der Waals surface area contributed by atoms with Gasteiger partial charge in [0.1, 0.15) is 5.82 Å². The van der Waals surface area contributed by atoms with E-state index in [9.17, 15) is 13.2 Å². The summed E-state index contributed by atoms with van der Waals surface area (Å²) in [5.41, 5.74) is 0.0737. The topological polar surface area (TPSA) is 63.0 Å². The van der Waals surface area contributed by atoms with Gasteiger partial charge >= 0.3 is 6.18 Å². The van der Waals surface area contributed by atoms with Crippen LogP contribution < -0.4 is 4.90 Å². The van der Waals surface area contributed by atoms with E-state index in [0.29, 0.717) is 32.0 Å². The molecule has 170 valence electrons. The van der Waals surface area contributed by atoms with Crippen LogP contribution in [-0.4, -0.2) is 56.3 Å². The van der Waals surface area contributed by atoms with Crippen molar-refractivity contribution >= 4 is 5.82 Å². The average molecular weight is 445 g/mol. The third-order valence-electron chi connectivity index (χ3n) is 5.57. The van der Waals surface area contributed by atoms with Gasteiger partial charge in [-0.05, 0) is 48.9 Å². The SMILES string of the molecule is CC(C)(C)n1nnnc1C(c1ccccc1)N1CCN(c2ccc(C(F)(F)F)cn2)CC1. The van der Waals surface area contributed by atoms with Gasteiger partial charge in [-0.15, -0.1) is 5.10 Å². The number of aromatic nitrogens is 5. The van der Waals surface area contributed by atoms with Crippen molar-refractivity contribution in [1.82, 2.24) is 30.1 Å². The molecule has 4 rings (SSSR count).